The van der Waals surface area contributed by atoms with E-state index in [4.69, 9.17) is 4.74 Å². The Bertz CT molecular complexity index is 3040. The molecule has 0 aromatic heterocycles. The molecule has 0 fully saturated rings. The summed E-state index contributed by atoms with van der Waals surface area (Å²) >= 11 is 0. The van der Waals surface area contributed by atoms with Gasteiger partial charge in [-0.15, -0.1) is 0 Å². The minimum atomic E-state index is -3.34. The van der Waals surface area contributed by atoms with Crippen LogP contribution >= 0.6 is 7.14 Å². The lowest BCUT2D eigenvalue weighted by atomic mass is 9.56. The molecular weight excluding hydrogens is 764 g/mol. The summed E-state index contributed by atoms with van der Waals surface area (Å²) in [5.74, 6) is 1.66. The van der Waals surface area contributed by atoms with E-state index in [-0.39, 0.29) is 5.92 Å². The van der Waals surface area contributed by atoms with Gasteiger partial charge in [0, 0.05) is 33.0 Å². The van der Waals surface area contributed by atoms with Crippen molar-refractivity contribution >= 4 is 51.9 Å². The van der Waals surface area contributed by atoms with E-state index >= 15 is 4.57 Å². The zero-order chi connectivity index (χ0) is 39.9. The Hall–Kier alpha value is -6.77. The monoisotopic (exact) mass is 802 g/mol. The van der Waals surface area contributed by atoms with Gasteiger partial charge in [-0.3, -0.25) is 0 Å². The molecule has 4 heteroatoms. The first-order chi connectivity index (χ1) is 29.7. The molecule has 1 atom stereocenters. The Kier molecular flexibility index (Phi) is 7.85. The minimum absolute atomic E-state index is 0.0953. The molecule has 0 bridgehead atoms. The summed E-state index contributed by atoms with van der Waals surface area (Å²) < 4.78 is 23.2. The fourth-order valence-electron chi connectivity index (χ4n) is 11.2. The Morgan fingerprint density at radius 1 is 0.417 bits per heavy atom. The van der Waals surface area contributed by atoms with Crippen molar-refractivity contribution in [3.8, 4) is 11.5 Å². The fraction of sp³-hybridized carbons (Fsp3) is 0.0357. The quantitative estimate of drug-likeness (QED) is 0.131. The molecule has 2 aliphatic heterocycles. The Labute approximate surface area is 351 Å². The molecule has 1 unspecified atom stereocenters. The average molecular weight is 803 g/mol. The van der Waals surface area contributed by atoms with E-state index in [0.29, 0.717) is 0 Å². The molecular formula is C56H39O2PSi. The molecule has 2 heterocycles. The third-order valence-electron chi connectivity index (χ3n) is 13.4. The van der Waals surface area contributed by atoms with E-state index in [1.165, 1.54) is 48.6 Å². The van der Waals surface area contributed by atoms with Crippen molar-refractivity contribution in [1.82, 2.24) is 0 Å². The van der Waals surface area contributed by atoms with Crippen LogP contribution in [-0.2, 0) is 9.98 Å². The summed E-state index contributed by atoms with van der Waals surface area (Å²) in [5, 5.41) is 7.70. The van der Waals surface area contributed by atoms with Gasteiger partial charge in [0.2, 0.25) is 0 Å². The summed E-state index contributed by atoms with van der Waals surface area (Å²) in [7, 11) is -6.44. The highest BCUT2D eigenvalue weighted by atomic mass is 31.2. The van der Waals surface area contributed by atoms with Crippen molar-refractivity contribution in [2.75, 3.05) is 0 Å². The van der Waals surface area contributed by atoms with Crippen molar-refractivity contribution < 1.29 is 9.30 Å². The predicted molar refractivity (Wildman–Crippen MR) is 249 cm³/mol. The second-order valence-electron chi connectivity index (χ2n) is 16.2. The molecule has 9 aromatic carbocycles. The van der Waals surface area contributed by atoms with Crippen LogP contribution in [0.3, 0.4) is 0 Å². The number of para-hydroxylation sites is 2. The van der Waals surface area contributed by atoms with E-state index in [9.17, 15) is 0 Å². The maximum Gasteiger partial charge on any atom is 0.181 e. The molecule has 3 aliphatic rings. The Morgan fingerprint density at radius 2 is 0.867 bits per heavy atom. The van der Waals surface area contributed by atoms with Gasteiger partial charge < -0.3 is 9.30 Å². The van der Waals surface area contributed by atoms with Crippen LogP contribution in [-0.4, -0.2) is 8.07 Å². The first-order valence-corrected chi connectivity index (χ1v) is 24.4. The molecule has 1 spiro atoms. The van der Waals surface area contributed by atoms with Gasteiger partial charge in [-0.25, -0.2) is 0 Å². The molecule has 0 amide bonds. The molecule has 0 saturated heterocycles. The molecule has 2 nitrogen and oxygen atoms in total. The molecule has 0 saturated carbocycles. The SMILES string of the molecule is O=P1(c2ccccc2)c2ccccc2[Si](c2ccccc2)(c2ccccc2)c2cc(C3c4ccccc4C4(c5ccccc5Oc5ccccc54)c4ccccc43)ccc21. The van der Waals surface area contributed by atoms with E-state index < -0.39 is 20.6 Å². The van der Waals surface area contributed by atoms with Gasteiger partial charge >= 0.3 is 0 Å². The van der Waals surface area contributed by atoms with E-state index in [0.717, 1.165) is 38.5 Å². The summed E-state index contributed by atoms with van der Waals surface area (Å²) in [4.78, 5) is 0. The van der Waals surface area contributed by atoms with E-state index in [1.807, 2.05) is 18.2 Å². The lowest BCUT2D eigenvalue weighted by molar-refractivity contribution is 0.431. The van der Waals surface area contributed by atoms with Gasteiger partial charge in [-0.1, -0.05) is 218 Å². The van der Waals surface area contributed by atoms with Crippen molar-refractivity contribution in [2.24, 2.45) is 0 Å². The molecule has 12 rings (SSSR count). The summed E-state index contributed by atoms with van der Waals surface area (Å²) in [6, 6.07) is 83.2. The number of rotatable bonds is 4. The Morgan fingerprint density at radius 3 is 1.45 bits per heavy atom. The zero-order valence-electron chi connectivity index (χ0n) is 32.8. The molecule has 0 radical (unpaired) electrons. The maximum absolute atomic E-state index is 16.6. The van der Waals surface area contributed by atoms with Crippen LogP contribution in [0.4, 0.5) is 0 Å². The standard InChI is InChI=1S/C56H39O2PSi/c57-59(40-20-4-1-5-21-40)51-34-18-19-35-53(51)60(41-22-6-2-7-23-41,42-24-8-3-9-25-42)54-38-39(36-37-52(54)59)55-43-26-10-12-28-45(43)56(46-29-13-11-27-44(46)55)47-30-14-16-32-49(47)58-50-33-17-15-31-48(50)56/h1-38,55H. The summed E-state index contributed by atoms with van der Waals surface area (Å²) in [6.07, 6.45) is 0. The van der Waals surface area contributed by atoms with Crippen LogP contribution in [0.5, 0.6) is 11.5 Å². The highest BCUT2D eigenvalue weighted by Crippen LogP contribution is 2.61. The van der Waals surface area contributed by atoms with Gasteiger partial charge in [0.25, 0.3) is 0 Å². The van der Waals surface area contributed by atoms with Crippen LogP contribution in [0.2, 0.25) is 0 Å². The van der Waals surface area contributed by atoms with Gasteiger partial charge in [0.15, 0.2) is 15.2 Å². The average Bonchev–Trinajstić information content (AvgIpc) is 3.32. The predicted octanol–water partition coefficient (Wildman–Crippen LogP) is 9.00. The van der Waals surface area contributed by atoms with Crippen molar-refractivity contribution in [2.45, 2.75) is 11.3 Å². The highest BCUT2D eigenvalue weighted by Gasteiger charge is 2.55. The molecule has 284 valence electrons. The number of hydrogen-bond acceptors (Lipinski definition) is 2. The van der Waals surface area contributed by atoms with Crippen LogP contribution in [0, 0.1) is 0 Å². The highest BCUT2D eigenvalue weighted by molar-refractivity contribution is 7.87. The lowest BCUT2D eigenvalue weighted by Gasteiger charge is -2.48. The first-order valence-electron chi connectivity index (χ1n) is 20.7. The topological polar surface area (TPSA) is 26.3 Å². The summed E-state index contributed by atoms with van der Waals surface area (Å²) in [5.41, 5.74) is 7.92. The third kappa shape index (κ3) is 4.62. The second kappa shape index (κ2) is 13.4. The van der Waals surface area contributed by atoms with Gasteiger partial charge in [0.1, 0.15) is 11.5 Å². The normalized spacial score (nSPS) is 17.5. The van der Waals surface area contributed by atoms with Crippen molar-refractivity contribution in [3.63, 3.8) is 0 Å². The van der Waals surface area contributed by atoms with Crippen LogP contribution in [0.1, 0.15) is 44.9 Å². The third-order valence-corrected chi connectivity index (χ3v) is 21.9. The maximum atomic E-state index is 16.6. The number of benzene rings is 9. The minimum Gasteiger partial charge on any atom is -0.457 e. The van der Waals surface area contributed by atoms with E-state index in [2.05, 4.69) is 212 Å². The number of fused-ring (bicyclic) bond motifs is 10. The largest absolute Gasteiger partial charge is 0.457 e. The van der Waals surface area contributed by atoms with Crippen molar-refractivity contribution in [1.29, 1.82) is 0 Å². The van der Waals surface area contributed by atoms with Crippen molar-refractivity contribution in [3.05, 3.63) is 269 Å². The summed E-state index contributed by atoms with van der Waals surface area (Å²) in [6.45, 7) is 0. The molecule has 0 N–H and O–H groups in total. The second-order valence-corrected chi connectivity index (χ2v) is 22.6. The smallest absolute Gasteiger partial charge is 0.181 e. The molecule has 60 heavy (non-hydrogen) atoms. The Balaban J connectivity index is 1.20. The van der Waals surface area contributed by atoms with Crippen LogP contribution in [0.15, 0.2) is 231 Å². The molecule has 9 aromatic rings. The lowest BCUT2D eigenvalue weighted by Crippen LogP contribution is -2.82. The van der Waals surface area contributed by atoms with Gasteiger partial charge in [-0.2, -0.15) is 0 Å². The first kappa shape index (κ1) is 35.2. The van der Waals surface area contributed by atoms with Crippen LogP contribution < -0.4 is 41.4 Å². The fourth-order valence-corrected chi connectivity index (χ4v) is 20.8. The zero-order valence-corrected chi connectivity index (χ0v) is 34.7. The van der Waals surface area contributed by atoms with Crippen LogP contribution in [0.25, 0.3) is 0 Å². The number of ether oxygens (including phenoxy) is 1. The molecule has 1 aliphatic carbocycles. The van der Waals surface area contributed by atoms with Gasteiger partial charge in [0.05, 0.1) is 5.41 Å². The number of hydrogen-bond donors (Lipinski definition) is 0. The van der Waals surface area contributed by atoms with Gasteiger partial charge in [-0.05, 0) is 60.7 Å². The van der Waals surface area contributed by atoms with E-state index in [1.54, 1.807) is 0 Å².